The summed E-state index contributed by atoms with van der Waals surface area (Å²) in [6, 6.07) is 0. The summed E-state index contributed by atoms with van der Waals surface area (Å²) in [5, 5.41) is 7.63. The largest absolute Gasteiger partial charge is 0.348 e. The Balaban J connectivity index is 1.80. The van der Waals surface area contributed by atoms with E-state index in [0.717, 1.165) is 37.0 Å². The van der Waals surface area contributed by atoms with Crippen molar-refractivity contribution in [2.45, 2.75) is 13.0 Å². The second-order valence-electron chi connectivity index (χ2n) is 4.76. The summed E-state index contributed by atoms with van der Waals surface area (Å²) < 4.78 is 3.81. The average molecular weight is 263 g/mol. The zero-order chi connectivity index (χ0) is 13.8. The van der Waals surface area contributed by atoms with Crippen LogP contribution in [0.5, 0.6) is 0 Å². The predicted octanol–water partition coefficient (Wildman–Crippen LogP) is -0.0531. The molecule has 0 radical (unpaired) electrons. The lowest BCUT2D eigenvalue weighted by Crippen LogP contribution is -2.20. The van der Waals surface area contributed by atoms with Crippen LogP contribution in [0.3, 0.4) is 0 Å². The van der Waals surface area contributed by atoms with E-state index in [-0.39, 0.29) is 0 Å². The quantitative estimate of drug-likeness (QED) is 0.740. The van der Waals surface area contributed by atoms with Gasteiger partial charge < -0.3 is 14.8 Å². The smallest absolute Gasteiger partial charge is 0.204 e. The molecule has 1 N–H and O–H groups in total. The van der Waals surface area contributed by atoms with Crippen LogP contribution in [0.15, 0.2) is 12.5 Å². The van der Waals surface area contributed by atoms with Gasteiger partial charge in [0.1, 0.15) is 6.33 Å². The van der Waals surface area contributed by atoms with Gasteiger partial charge in [-0.25, -0.2) is 9.97 Å². The van der Waals surface area contributed by atoms with Crippen LogP contribution in [0.2, 0.25) is 0 Å². The molecule has 2 aromatic heterocycles. The molecule has 0 aromatic carbocycles. The van der Waals surface area contributed by atoms with Gasteiger partial charge in [-0.15, -0.1) is 0 Å². The molecular formula is C12H21N7. The van der Waals surface area contributed by atoms with E-state index in [2.05, 4.69) is 25.0 Å². The second kappa shape index (κ2) is 5.83. The fraction of sp³-hybridized carbons (Fsp3) is 0.583. The standard InChI is InChI=1S/C12H21N7/c1-17(2)12-14-8-10(19(12)4)7-13-6-5-11-15-9-18(3)16-11/h8-9,13H,5-7H2,1-4H3. The van der Waals surface area contributed by atoms with Crippen LogP contribution in [0.25, 0.3) is 0 Å². The van der Waals surface area contributed by atoms with E-state index in [4.69, 9.17) is 0 Å². The van der Waals surface area contributed by atoms with Crippen LogP contribution >= 0.6 is 0 Å². The van der Waals surface area contributed by atoms with Gasteiger partial charge in [0.25, 0.3) is 0 Å². The van der Waals surface area contributed by atoms with E-state index < -0.39 is 0 Å². The maximum absolute atomic E-state index is 4.38. The minimum atomic E-state index is 0.796. The van der Waals surface area contributed by atoms with Crippen molar-refractivity contribution in [1.29, 1.82) is 0 Å². The molecule has 0 saturated carbocycles. The molecule has 0 atom stereocenters. The molecule has 7 heteroatoms. The van der Waals surface area contributed by atoms with Crippen LogP contribution in [0.4, 0.5) is 5.95 Å². The molecule has 0 bridgehead atoms. The lowest BCUT2D eigenvalue weighted by molar-refractivity contribution is 0.636. The Morgan fingerprint density at radius 3 is 2.63 bits per heavy atom. The molecular weight excluding hydrogens is 242 g/mol. The molecule has 0 aliphatic carbocycles. The minimum Gasteiger partial charge on any atom is -0.348 e. The summed E-state index contributed by atoms with van der Waals surface area (Å²) in [5.41, 5.74) is 1.16. The zero-order valence-corrected chi connectivity index (χ0v) is 12.0. The van der Waals surface area contributed by atoms with Crippen LogP contribution < -0.4 is 10.2 Å². The number of aryl methyl sites for hydroxylation is 1. The lowest BCUT2D eigenvalue weighted by Gasteiger charge is -2.12. The number of nitrogens with one attached hydrogen (secondary N) is 1. The van der Waals surface area contributed by atoms with Gasteiger partial charge in [0.05, 0.1) is 11.9 Å². The highest BCUT2D eigenvalue weighted by Gasteiger charge is 2.07. The molecule has 2 aromatic rings. The van der Waals surface area contributed by atoms with Crippen LogP contribution in [0, 0.1) is 0 Å². The lowest BCUT2D eigenvalue weighted by atomic mass is 10.4. The fourth-order valence-electron chi connectivity index (χ4n) is 1.93. The van der Waals surface area contributed by atoms with E-state index in [0.29, 0.717) is 0 Å². The molecule has 0 aliphatic rings. The molecule has 0 unspecified atom stereocenters. The van der Waals surface area contributed by atoms with Crippen molar-refractivity contribution < 1.29 is 0 Å². The van der Waals surface area contributed by atoms with Gasteiger partial charge in [0, 0.05) is 47.7 Å². The first-order valence-corrected chi connectivity index (χ1v) is 6.31. The summed E-state index contributed by atoms with van der Waals surface area (Å²) in [7, 11) is 7.89. The maximum atomic E-state index is 4.38. The van der Waals surface area contributed by atoms with Crippen molar-refractivity contribution in [2.75, 3.05) is 25.5 Å². The Morgan fingerprint density at radius 1 is 1.26 bits per heavy atom. The van der Waals surface area contributed by atoms with Gasteiger partial charge in [0.15, 0.2) is 5.82 Å². The topological polar surface area (TPSA) is 63.8 Å². The normalized spacial score (nSPS) is 10.9. The van der Waals surface area contributed by atoms with Crippen molar-refractivity contribution in [1.82, 2.24) is 29.6 Å². The van der Waals surface area contributed by atoms with Crippen molar-refractivity contribution >= 4 is 5.95 Å². The number of rotatable bonds is 6. The highest BCUT2D eigenvalue weighted by atomic mass is 15.3. The van der Waals surface area contributed by atoms with Crippen molar-refractivity contribution in [3.8, 4) is 0 Å². The Labute approximate surface area is 113 Å². The van der Waals surface area contributed by atoms with Gasteiger partial charge in [-0.1, -0.05) is 0 Å². The molecule has 19 heavy (non-hydrogen) atoms. The monoisotopic (exact) mass is 263 g/mol. The third-order valence-electron chi connectivity index (χ3n) is 2.94. The van der Waals surface area contributed by atoms with Crippen LogP contribution in [-0.4, -0.2) is 45.0 Å². The molecule has 0 aliphatic heterocycles. The number of aromatic nitrogens is 5. The Hall–Kier alpha value is -1.89. The average Bonchev–Trinajstić information content (AvgIpc) is 2.92. The van der Waals surface area contributed by atoms with Gasteiger partial charge in [-0.05, 0) is 0 Å². The number of hydrogen-bond donors (Lipinski definition) is 1. The van der Waals surface area contributed by atoms with Crippen LogP contribution in [0.1, 0.15) is 11.5 Å². The van der Waals surface area contributed by atoms with Crippen LogP contribution in [-0.2, 0) is 27.1 Å². The molecule has 7 nitrogen and oxygen atoms in total. The summed E-state index contributed by atoms with van der Waals surface area (Å²) in [6.07, 6.45) is 4.46. The molecule has 104 valence electrons. The number of nitrogens with zero attached hydrogens (tertiary/aromatic N) is 6. The Bertz CT molecular complexity index is 526. The Kier molecular flexibility index (Phi) is 4.16. The first kappa shape index (κ1) is 13.5. The number of anilines is 1. The van der Waals surface area contributed by atoms with E-state index in [1.165, 1.54) is 0 Å². The van der Waals surface area contributed by atoms with E-state index in [1.54, 1.807) is 11.0 Å². The molecule has 0 fully saturated rings. The van der Waals surface area contributed by atoms with Gasteiger partial charge in [0.2, 0.25) is 5.95 Å². The third-order valence-corrected chi connectivity index (χ3v) is 2.94. The summed E-state index contributed by atoms with van der Waals surface area (Å²) in [5.74, 6) is 1.83. The molecule has 0 amide bonds. The van der Waals surface area contributed by atoms with E-state index in [9.17, 15) is 0 Å². The fourth-order valence-corrected chi connectivity index (χ4v) is 1.93. The Morgan fingerprint density at radius 2 is 2.05 bits per heavy atom. The van der Waals surface area contributed by atoms with Gasteiger partial charge in [-0.3, -0.25) is 4.68 Å². The van der Waals surface area contributed by atoms with Crippen molar-refractivity contribution in [2.24, 2.45) is 14.1 Å². The minimum absolute atomic E-state index is 0.796. The highest BCUT2D eigenvalue weighted by Crippen LogP contribution is 2.10. The third kappa shape index (κ3) is 3.31. The first-order chi connectivity index (χ1) is 9.08. The molecule has 2 rings (SSSR count). The SMILES string of the molecule is CN(C)c1ncc(CNCCc2ncn(C)n2)n1C. The van der Waals surface area contributed by atoms with Crippen molar-refractivity contribution in [3.63, 3.8) is 0 Å². The highest BCUT2D eigenvalue weighted by molar-refractivity contribution is 5.30. The number of hydrogen-bond acceptors (Lipinski definition) is 5. The molecule has 2 heterocycles. The predicted molar refractivity (Wildman–Crippen MR) is 73.9 cm³/mol. The number of imidazole rings is 1. The summed E-state index contributed by atoms with van der Waals surface area (Å²) in [4.78, 5) is 10.6. The van der Waals surface area contributed by atoms with E-state index >= 15 is 0 Å². The second-order valence-corrected chi connectivity index (χ2v) is 4.76. The van der Waals surface area contributed by atoms with Gasteiger partial charge in [-0.2, -0.15) is 5.10 Å². The molecule has 0 spiro atoms. The summed E-state index contributed by atoms with van der Waals surface area (Å²) >= 11 is 0. The van der Waals surface area contributed by atoms with Crippen molar-refractivity contribution in [3.05, 3.63) is 24.0 Å². The molecule has 0 saturated heterocycles. The van der Waals surface area contributed by atoms with E-state index in [1.807, 2.05) is 39.3 Å². The van der Waals surface area contributed by atoms with Gasteiger partial charge >= 0.3 is 0 Å². The summed E-state index contributed by atoms with van der Waals surface area (Å²) in [6.45, 7) is 1.65. The first-order valence-electron chi connectivity index (χ1n) is 6.31. The maximum Gasteiger partial charge on any atom is 0.204 e. The zero-order valence-electron chi connectivity index (χ0n) is 12.0.